The SMILES string of the molecule is COc1ccccc1N1C(=O)C(O)=C(C(=O)CCc2ccccc2)C1c1ccccn1. The van der Waals surface area contributed by atoms with Gasteiger partial charge in [-0.2, -0.15) is 0 Å². The lowest BCUT2D eigenvalue weighted by molar-refractivity contribution is -0.118. The van der Waals surface area contributed by atoms with E-state index in [-0.39, 0.29) is 17.8 Å². The van der Waals surface area contributed by atoms with Crippen LogP contribution in [0.25, 0.3) is 0 Å². The molecular weight excluding hydrogens is 392 g/mol. The number of benzene rings is 2. The molecule has 0 saturated carbocycles. The van der Waals surface area contributed by atoms with Crippen molar-refractivity contribution >= 4 is 17.4 Å². The van der Waals surface area contributed by atoms with Crippen LogP contribution in [0.3, 0.4) is 0 Å². The maximum absolute atomic E-state index is 13.2. The monoisotopic (exact) mass is 414 g/mol. The Bertz CT molecular complexity index is 1130. The van der Waals surface area contributed by atoms with Gasteiger partial charge in [0.1, 0.15) is 11.8 Å². The quantitative estimate of drug-likeness (QED) is 0.627. The number of hydrogen-bond donors (Lipinski definition) is 1. The number of amides is 1. The minimum absolute atomic E-state index is 0.0607. The largest absolute Gasteiger partial charge is 0.503 e. The molecule has 156 valence electrons. The van der Waals surface area contributed by atoms with Gasteiger partial charge in [0.05, 0.1) is 24.1 Å². The van der Waals surface area contributed by atoms with Gasteiger partial charge in [-0.1, -0.05) is 48.5 Å². The summed E-state index contributed by atoms with van der Waals surface area (Å²) in [5.74, 6) is -1.02. The molecule has 0 aliphatic carbocycles. The summed E-state index contributed by atoms with van der Waals surface area (Å²) in [7, 11) is 1.51. The summed E-state index contributed by atoms with van der Waals surface area (Å²) in [5, 5.41) is 10.8. The predicted molar refractivity (Wildman–Crippen MR) is 117 cm³/mol. The van der Waals surface area contributed by atoms with E-state index >= 15 is 0 Å². The summed E-state index contributed by atoms with van der Waals surface area (Å²) in [6.45, 7) is 0. The molecule has 0 bridgehead atoms. The van der Waals surface area contributed by atoms with Crippen molar-refractivity contribution in [2.75, 3.05) is 12.0 Å². The first-order chi connectivity index (χ1) is 15.1. The van der Waals surface area contributed by atoms with E-state index in [0.29, 0.717) is 23.6 Å². The third kappa shape index (κ3) is 3.92. The fraction of sp³-hybridized carbons (Fsp3) is 0.160. The number of ether oxygens (including phenoxy) is 1. The number of Topliss-reactive ketones (excluding diaryl/α,β-unsaturated/α-hetero) is 1. The Morgan fingerprint density at radius 2 is 1.74 bits per heavy atom. The summed E-state index contributed by atoms with van der Waals surface area (Å²) < 4.78 is 5.43. The van der Waals surface area contributed by atoms with Crippen LogP contribution >= 0.6 is 0 Å². The van der Waals surface area contributed by atoms with Crippen LogP contribution in [0.1, 0.15) is 23.7 Å². The molecule has 6 heteroatoms. The second-order valence-electron chi connectivity index (χ2n) is 7.18. The Balaban J connectivity index is 1.74. The van der Waals surface area contributed by atoms with Crippen molar-refractivity contribution in [3.63, 3.8) is 0 Å². The van der Waals surface area contributed by atoms with E-state index in [0.717, 1.165) is 5.56 Å². The number of ketones is 1. The second-order valence-corrected chi connectivity index (χ2v) is 7.18. The van der Waals surface area contributed by atoms with Gasteiger partial charge in [0.25, 0.3) is 5.91 Å². The second kappa shape index (κ2) is 8.83. The molecular formula is C25H22N2O4. The maximum atomic E-state index is 13.2. The molecule has 0 radical (unpaired) electrons. The van der Waals surface area contributed by atoms with Gasteiger partial charge in [-0.25, -0.2) is 0 Å². The first-order valence-electron chi connectivity index (χ1n) is 9.99. The van der Waals surface area contributed by atoms with Crippen LogP contribution in [0.15, 0.2) is 90.3 Å². The van der Waals surface area contributed by atoms with Gasteiger partial charge in [-0.15, -0.1) is 0 Å². The number of anilines is 1. The fourth-order valence-electron chi connectivity index (χ4n) is 3.82. The zero-order chi connectivity index (χ0) is 21.8. The lowest BCUT2D eigenvalue weighted by Crippen LogP contribution is -2.31. The number of aryl methyl sites for hydroxylation is 1. The molecule has 1 unspecified atom stereocenters. The Hall–Kier alpha value is -3.93. The van der Waals surface area contributed by atoms with E-state index in [1.807, 2.05) is 30.3 Å². The highest BCUT2D eigenvalue weighted by Crippen LogP contribution is 2.43. The Morgan fingerprint density at radius 3 is 2.45 bits per heavy atom. The number of pyridine rings is 1. The van der Waals surface area contributed by atoms with Crippen molar-refractivity contribution in [2.24, 2.45) is 0 Å². The van der Waals surface area contributed by atoms with Gasteiger partial charge in [0, 0.05) is 12.6 Å². The highest BCUT2D eigenvalue weighted by molar-refractivity contribution is 6.16. The molecule has 4 rings (SSSR count). The molecule has 0 spiro atoms. The number of nitrogens with zero attached hydrogens (tertiary/aromatic N) is 2. The first-order valence-corrected chi connectivity index (χ1v) is 9.99. The van der Waals surface area contributed by atoms with Crippen LogP contribution < -0.4 is 9.64 Å². The number of aliphatic hydroxyl groups is 1. The molecule has 2 aromatic carbocycles. The minimum Gasteiger partial charge on any atom is -0.503 e. The zero-order valence-corrected chi connectivity index (χ0v) is 17.1. The third-order valence-electron chi connectivity index (χ3n) is 5.30. The maximum Gasteiger partial charge on any atom is 0.294 e. The molecule has 0 saturated heterocycles. The first kappa shape index (κ1) is 20.3. The topological polar surface area (TPSA) is 79.7 Å². The lowest BCUT2D eigenvalue weighted by atomic mass is 9.95. The molecule has 3 aromatic rings. The van der Waals surface area contributed by atoms with Crippen LogP contribution in [-0.4, -0.2) is 28.9 Å². The van der Waals surface area contributed by atoms with Gasteiger partial charge in [0.15, 0.2) is 11.5 Å². The number of hydrogen-bond acceptors (Lipinski definition) is 5. The molecule has 6 nitrogen and oxygen atoms in total. The smallest absolute Gasteiger partial charge is 0.294 e. The lowest BCUT2D eigenvalue weighted by Gasteiger charge is -2.27. The standard InChI is InChI=1S/C25H22N2O4/c1-31-21-13-6-5-12-19(21)27-23(18-11-7-8-16-26-18)22(24(29)25(27)30)20(28)15-14-17-9-3-2-4-10-17/h2-13,16,23,29H,14-15H2,1H3. The van der Waals surface area contributed by atoms with Crippen molar-refractivity contribution in [2.45, 2.75) is 18.9 Å². The molecule has 2 heterocycles. The van der Waals surface area contributed by atoms with E-state index < -0.39 is 17.7 Å². The summed E-state index contributed by atoms with van der Waals surface area (Å²) >= 11 is 0. The number of methoxy groups -OCH3 is 1. The number of rotatable bonds is 7. The predicted octanol–water partition coefficient (Wildman–Crippen LogP) is 4.19. The highest BCUT2D eigenvalue weighted by Gasteiger charge is 2.45. The van der Waals surface area contributed by atoms with Crippen molar-refractivity contribution in [3.05, 3.63) is 102 Å². The number of aromatic nitrogens is 1. The summed E-state index contributed by atoms with van der Waals surface area (Å²) in [4.78, 5) is 32.1. The van der Waals surface area contributed by atoms with Gasteiger partial charge < -0.3 is 9.84 Å². The van der Waals surface area contributed by atoms with Crippen molar-refractivity contribution in [1.82, 2.24) is 4.98 Å². The average Bonchev–Trinajstić information content (AvgIpc) is 3.09. The Labute approximate surface area is 180 Å². The minimum atomic E-state index is -0.840. The van der Waals surface area contributed by atoms with E-state index in [1.54, 1.807) is 48.7 Å². The molecule has 1 aliphatic heterocycles. The molecule has 1 N–H and O–H groups in total. The normalized spacial score (nSPS) is 16.0. The van der Waals surface area contributed by atoms with E-state index in [9.17, 15) is 14.7 Å². The zero-order valence-electron chi connectivity index (χ0n) is 17.1. The fourth-order valence-corrected chi connectivity index (χ4v) is 3.82. The molecule has 1 aromatic heterocycles. The van der Waals surface area contributed by atoms with E-state index in [2.05, 4.69) is 4.98 Å². The Kier molecular flexibility index (Phi) is 5.80. The number of carbonyl (C=O) groups excluding carboxylic acids is 2. The van der Waals surface area contributed by atoms with Crippen LogP contribution in [-0.2, 0) is 16.0 Å². The van der Waals surface area contributed by atoms with Crippen LogP contribution in [0.2, 0.25) is 0 Å². The third-order valence-corrected chi connectivity index (χ3v) is 5.30. The number of aliphatic hydroxyl groups excluding tert-OH is 1. The van der Waals surface area contributed by atoms with Crippen molar-refractivity contribution < 1.29 is 19.4 Å². The van der Waals surface area contributed by atoms with Gasteiger partial charge in [-0.3, -0.25) is 19.5 Å². The van der Waals surface area contributed by atoms with Crippen LogP contribution in [0.5, 0.6) is 5.75 Å². The van der Waals surface area contributed by atoms with Crippen molar-refractivity contribution in [3.8, 4) is 5.75 Å². The summed E-state index contributed by atoms with van der Waals surface area (Å²) in [6, 6.07) is 21.1. The molecule has 31 heavy (non-hydrogen) atoms. The Morgan fingerprint density at radius 1 is 1.03 bits per heavy atom. The number of carbonyl (C=O) groups is 2. The summed E-state index contributed by atoms with van der Waals surface area (Å²) in [6.07, 6.45) is 2.27. The summed E-state index contributed by atoms with van der Waals surface area (Å²) in [5.41, 5.74) is 2.03. The molecule has 1 atom stereocenters. The highest BCUT2D eigenvalue weighted by atomic mass is 16.5. The number of para-hydroxylation sites is 2. The van der Waals surface area contributed by atoms with Crippen molar-refractivity contribution in [1.29, 1.82) is 0 Å². The molecule has 0 fully saturated rings. The molecule has 1 aliphatic rings. The van der Waals surface area contributed by atoms with Gasteiger partial charge in [-0.05, 0) is 36.2 Å². The van der Waals surface area contributed by atoms with E-state index in [4.69, 9.17) is 4.74 Å². The molecule has 1 amide bonds. The van der Waals surface area contributed by atoms with Gasteiger partial charge in [0.2, 0.25) is 0 Å². The van der Waals surface area contributed by atoms with E-state index in [1.165, 1.54) is 12.0 Å². The van der Waals surface area contributed by atoms with Crippen LogP contribution in [0, 0.1) is 0 Å². The van der Waals surface area contributed by atoms with Crippen LogP contribution in [0.4, 0.5) is 5.69 Å². The van der Waals surface area contributed by atoms with Gasteiger partial charge >= 0.3 is 0 Å². The average molecular weight is 414 g/mol.